The van der Waals surface area contributed by atoms with Crippen molar-refractivity contribution < 1.29 is 22.8 Å². The van der Waals surface area contributed by atoms with Gasteiger partial charge in [-0.2, -0.15) is 13.2 Å². The standard InChI is InChI=1S/C22H28F3N3O2/c23-22(24,25)18-8-4-7-17(13-18)15-28-12-11-27-21(30)19(28)14-20(29)26-10-9-16-5-2-1-3-6-16/h4-5,7-8,13,19H,1-3,6,9-12,14-15H2,(H,26,29)(H,27,30). The Morgan fingerprint density at radius 3 is 2.83 bits per heavy atom. The Morgan fingerprint density at radius 1 is 1.27 bits per heavy atom. The summed E-state index contributed by atoms with van der Waals surface area (Å²) in [5.74, 6) is -0.485. The molecule has 8 heteroatoms. The molecule has 30 heavy (non-hydrogen) atoms. The van der Waals surface area contributed by atoms with Crippen LogP contribution >= 0.6 is 0 Å². The molecule has 2 aliphatic rings. The van der Waals surface area contributed by atoms with Crippen molar-refractivity contribution in [1.29, 1.82) is 0 Å². The van der Waals surface area contributed by atoms with Crippen molar-refractivity contribution in [2.24, 2.45) is 0 Å². The van der Waals surface area contributed by atoms with Crippen LogP contribution in [0.2, 0.25) is 0 Å². The molecular weight excluding hydrogens is 395 g/mol. The van der Waals surface area contributed by atoms with E-state index in [4.69, 9.17) is 0 Å². The van der Waals surface area contributed by atoms with Crippen molar-refractivity contribution in [3.8, 4) is 0 Å². The molecule has 1 heterocycles. The van der Waals surface area contributed by atoms with Crippen LogP contribution in [0.5, 0.6) is 0 Å². The summed E-state index contributed by atoms with van der Waals surface area (Å²) in [6.45, 7) is 1.60. The lowest BCUT2D eigenvalue weighted by Gasteiger charge is -2.34. The van der Waals surface area contributed by atoms with Gasteiger partial charge in [0.1, 0.15) is 0 Å². The molecule has 164 valence electrons. The number of benzene rings is 1. The minimum absolute atomic E-state index is 0.0101. The molecule has 1 fully saturated rings. The molecule has 5 nitrogen and oxygen atoms in total. The smallest absolute Gasteiger partial charge is 0.356 e. The maximum atomic E-state index is 13.0. The summed E-state index contributed by atoms with van der Waals surface area (Å²) in [6.07, 6.45) is 3.20. The van der Waals surface area contributed by atoms with E-state index in [0.29, 0.717) is 25.2 Å². The maximum absolute atomic E-state index is 13.0. The molecule has 2 amide bonds. The van der Waals surface area contributed by atoms with Crippen molar-refractivity contribution in [3.63, 3.8) is 0 Å². The third kappa shape index (κ3) is 6.32. The fraction of sp³-hybridized carbons (Fsp3) is 0.545. The van der Waals surface area contributed by atoms with Crippen molar-refractivity contribution >= 4 is 11.8 Å². The van der Waals surface area contributed by atoms with E-state index >= 15 is 0 Å². The van der Waals surface area contributed by atoms with Gasteiger partial charge in [0.05, 0.1) is 18.0 Å². The number of hydrogen-bond donors (Lipinski definition) is 2. The highest BCUT2D eigenvalue weighted by molar-refractivity contribution is 5.88. The van der Waals surface area contributed by atoms with Crippen LogP contribution in [0.4, 0.5) is 13.2 Å². The number of amides is 2. The van der Waals surface area contributed by atoms with Crippen LogP contribution in [0, 0.1) is 0 Å². The van der Waals surface area contributed by atoms with Crippen molar-refractivity contribution in [1.82, 2.24) is 15.5 Å². The summed E-state index contributed by atoms with van der Waals surface area (Å²) in [5, 5.41) is 5.62. The first-order chi connectivity index (χ1) is 14.3. The van der Waals surface area contributed by atoms with E-state index in [1.165, 1.54) is 24.5 Å². The number of piperazine rings is 1. The molecule has 1 aromatic rings. The quantitative estimate of drug-likeness (QED) is 0.661. The normalized spacial score (nSPS) is 20.4. The molecular formula is C22H28F3N3O2. The molecule has 1 atom stereocenters. The molecule has 0 radical (unpaired) electrons. The average molecular weight is 423 g/mol. The lowest BCUT2D eigenvalue weighted by Crippen LogP contribution is -2.56. The van der Waals surface area contributed by atoms with Gasteiger partial charge in [0, 0.05) is 26.2 Å². The molecule has 0 aromatic heterocycles. The van der Waals surface area contributed by atoms with Crippen LogP contribution in [0.15, 0.2) is 35.9 Å². The van der Waals surface area contributed by atoms with E-state index < -0.39 is 17.8 Å². The average Bonchev–Trinajstić information content (AvgIpc) is 2.71. The topological polar surface area (TPSA) is 61.4 Å². The number of nitrogens with one attached hydrogen (secondary N) is 2. The number of allylic oxidation sites excluding steroid dienone is 1. The second-order valence-electron chi connectivity index (χ2n) is 7.89. The monoisotopic (exact) mass is 423 g/mol. The predicted octanol–water partition coefficient (Wildman–Crippen LogP) is 3.40. The number of hydrogen-bond acceptors (Lipinski definition) is 3. The summed E-state index contributed by atoms with van der Waals surface area (Å²) in [6, 6.07) is 4.41. The van der Waals surface area contributed by atoms with Gasteiger partial charge in [-0.15, -0.1) is 0 Å². The van der Waals surface area contributed by atoms with Crippen LogP contribution in [0.25, 0.3) is 0 Å². The third-order valence-corrected chi connectivity index (χ3v) is 5.61. The second kappa shape index (κ2) is 10.1. The highest BCUT2D eigenvalue weighted by Gasteiger charge is 2.33. The minimum atomic E-state index is -4.41. The van der Waals surface area contributed by atoms with Gasteiger partial charge in [0.2, 0.25) is 11.8 Å². The van der Waals surface area contributed by atoms with Gasteiger partial charge in [-0.3, -0.25) is 14.5 Å². The minimum Gasteiger partial charge on any atom is -0.356 e. The second-order valence-corrected chi connectivity index (χ2v) is 7.89. The summed E-state index contributed by atoms with van der Waals surface area (Å²) in [7, 11) is 0. The molecule has 2 N–H and O–H groups in total. The number of carbonyl (C=O) groups is 2. The van der Waals surface area contributed by atoms with Gasteiger partial charge in [-0.1, -0.05) is 29.8 Å². The molecule has 1 aromatic carbocycles. The lowest BCUT2D eigenvalue weighted by atomic mass is 9.97. The Hall–Kier alpha value is -2.35. The number of rotatable bonds is 7. The summed E-state index contributed by atoms with van der Waals surface area (Å²) >= 11 is 0. The molecule has 3 rings (SSSR count). The van der Waals surface area contributed by atoms with Crippen molar-refractivity contribution in [2.45, 2.75) is 57.3 Å². The number of nitrogens with zero attached hydrogens (tertiary/aromatic N) is 1. The molecule has 1 aliphatic heterocycles. The van der Waals surface area contributed by atoms with E-state index in [-0.39, 0.29) is 24.8 Å². The van der Waals surface area contributed by atoms with Crippen LogP contribution < -0.4 is 10.6 Å². The maximum Gasteiger partial charge on any atom is 0.416 e. The molecule has 0 bridgehead atoms. The van der Waals surface area contributed by atoms with Crippen LogP contribution in [-0.4, -0.2) is 42.4 Å². The number of alkyl halides is 3. The number of halogens is 3. The van der Waals surface area contributed by atoms with Gasteiger partial charge >= 0.3 is 6.18 Å². The van der Waals surface area contributed by atoms with E-state index in [1.54, 1.807) is 11.0 Å². The molecule has 1 aliphatic carbocycles. The Labute approximate surface area is 174 Å². The Balaban J connectivity index is 1.57. The first-order valence-electron chi connectivity index (χ1n) is 10.5. The fourth-order valence-corrected chi connectivity index (χ4v) is 4.00. The molecule has 0 spiro atoms. The zero-order valence-corrected chi connectivity index (χ0v) is 16.9. The van der Waals surface area contributed by atoms with Gasteiger partial charge in [0.15, 0.2) is 0 Å². The van der Waals surface area contributed by atoms with Crippen molar-refractivity contribution in [3.05, 3.63) is 47.0 Å². The molecule has 0 saturated carbocycles. The first-order valence-corrected chi connectivity index (χ1v) is 10.5. The Morgan fingerprint density at radius 2 is 2.10 bits per heavy atom. The van der Waals surface area contributed by atoms with Gasteiger partial charge < -0.3 is 10.6 Å². The zero-order chi connectivity index (χ0) is 21.6. The predicted molar refractivity (Wildman–Crippen MR) is 107 cm³/mol. The number of carbonyl (C=O) groups excluding carboxylic acids is 2. The highest BCUT2D eigenvalue weighted by atomic mass is 19.4. The van der Waals surface area contributed by atoms with E-state index in [0.717, 1.165) is 31.4 Å². The van der Waals surface area contributed by atoms with Crippen LogP contribution in [-0.2, 0) is 22.3 Å². The zero-order valence-electron chi connectivity index (χ0n) is 16.9. The molecule has 1 unspecified atom stereocenters. The van der Waals surface area contributed by atoms with Crippen molar-refractivity contribution in [2.75, 3.05) is 19.6 Å². The Kier molecular flexibility index (Phi) is 7.53. The van der Waals surface area contributed by atoms with Gasteiger partial charge in [-0.25, -0.2) is 0 Å². The van der Waals surface area contributed by atoms with Crippen LogP contribution in [0.3, 0.4) is 0 Å². The fourth-order valence-electron chi connectivity index (χ4n) is 4.00. The summed E-state index contributed by atoms with van der Waals surface area (Å²) < 4.78 is 38.9. The SMILES string of the molecule is O=C(CC1C(=O)NCCN1Cc1cccc(C(F)(F)F)c1)NCCC1=CCCCC1. The van der Waals surface area contributed by atoms with Crippen LogP contribution in [0.1, 0.15) is 49.7 Å². The summed E-state index contributed by atoms with van der Waals surface area (Å²) in [4.78, 5) is 26.5. The third-order valence-electron chi connectivity index (χ3n) is 5.61. The lowest BCUT2D eigenvalue weighted by molar-refractivity contribution is -0.137. The molecule has 1 saturated heterocycles. The van der Waals surface area contributed by atoms with Gasteiger partial charge in [0.25, 0.3) is 0 Å². The van der Waals surface area contributed by atoms with E-state index in [2.05, 4.69) is 16.7 Å². The van der Waals surface area contributed by atoms with E-state index in [1.807, 2.05) is 0 Å². The van der Waals surface area contributed by atoms with E-state index in [9.17, 15) is 22.8 Å². The summed E-state index contributed by atoms with van der Waals surface area (Å²) in [5.41, 5.74) is 1.12. The first kappa shape index (κ1) is 22.3. The van der Waals surface area contributed by atoms with Gasteiger partial charge in [-0.05, 0) is 43.7 Å². The highest BCUT2D eigenvalue weighted by Crippen LogP contribution is 2.30. The largest absolute Gasteiger partial charge is 0.416 e. The Bertz CT molecular complexity index is 792.